The van der Waals surface area contributed by atoms with Crippen LogP contribution < -0.4 is 10.1 Å². The first-order chi connectivity index (χ1) is 14.2. The first kappa shape index (κ1) is 18.6. The number of aromatic nitrogens is 1. The fourth-order valence-electron chi connectivity index (χ4n) is 2.65. The average Bonchev–Trinajstić information content (AvgIpc) is 3.17. The molecule has 0 unspecified atom stereocenters. The third kappa shape index (κ3) is 4.75. The Morgan fingerprint density at radius 3 is 2.38 bits per heavy atom. The summed E-state index contributed by atoms with van der Waals surface area (Å²) < 4.78 is 6.36. The SMILES string of the molecule is O=C(/C=C/c1nc2ccccc2s1)Oc1ccc(NC(=O)c2ccccc2)cc1. The lowest BCUT2D eigenvalue weighted by molar-refractivity contribution is -0.128. The van der Waals surface area contributed by atoms with Gasteiger partial charge in [0.1, 0.15) is 10.8 Å². The van der Waals surface area contributed by atoms with Crippen molar-refractivity contribution in [1.29, 1.82) is 0 Å². The zero-order chi connectivity index (χ0) is 20.1. The number of carbonyl (C=O) groups is 2. The van der Waals surface area contributed by atoms with Crippen LogP contribution >= 0.6 is 11.3 Å². The van der Waals surface area contributed by atoms with E-state index >= 15 is 0 Å². The molecule has 29 heavy (non-hydrogen) atoms. The van der Waals surface area contributed by atoms with Gasteiger partial charge in [-0.1, -0.05) is 30.3 Å². The van der Waals surface area contributed by atoms with Crippen LogP contribution in [0.15, 0.2) is 84.9 Å². The Balaban J connectivity index is 1.35. The molecule has 3 aromatic carbocycles. The molecule has 0 radical (unpaired) electrons. The Kier molecular flexibility index (Phi) is 5.45. The highest BCUT2D eigenvalue weighted by Crippen LogP contribution is 2.22. The van der Waals surface area contributed by atoms with Crippen LogP contribution in [0.2, 0.25) is 0 Å². The lowest BCUT2D eigenvalue weighted by Crippen LogP contribution is -2.11. The lowest BCUT2D eigenvalue weighted by Gasteiger charge is -2.06. The van der Waals surface area contributed by atoms with E-state index in [-0.39, 0.29) is 5.91 Å². The second kappa shape index (κ2) is 8.50. The number of benzene rings is 3. The van der Waals surface area contributed by atoms with Crippen molar-refractivity contribution in [3.05, 3.63) is 95.5 Å². The number of hydrogen-bond donors (Lipinski definition) is 1. The molecule has 0 spiro atoms. The van der Waals surface area contributed by atoms with E-state index < -0.39 is 5.97 Å². The molecule has 0 fully saturated rings. The molecule has 1 aromatic heterocycles. The van der Waals surface area contributed by atoms with Crippen LogP contribution in [0, 0.1) is 0 Å². The molecule has 1 N–H and O–H groups in total. The maximum Gasteiger partial charge on any atom is 0.336 e. The highest BCUT2D eigenvalue weighted by atomic mass is 32.1. The van der Waals surface area contributed by atoms with Crippen LogP contribution in [-0.2, 0) is 4.79 Å². The highest BCUT2D eigenvalue weighted by Gasteiger charge is 2.06. The number of hydrogen-bond acceptors (Lipinski definition) is 5. The summed E-state index contributed by atoms with van der Waals surface area (Å²) in [6.45, 7) is 0. The lowest BCUT2D eigenvalue weighted by atomic mass is 10.2. The third-order valence-electron chi connectivity index (χ3n) is 4.04. The highest BCUT2D eigenvalue weighted by molar-refractivity contribution is 7.19. The van der Waals surface area contributed by atoms with Crippen molar-refractivity contribution in [3.8, 4) is 5.75 Å². The molecule has 0 saturated heterocycles. The minimum atomic E-state index is -0.495. The van der Waals surface area contributed by atoms with Crippen molar-refractivity contribution in [2.45, 2.75) is 0 Å². The minimum Gasteiger partial charge on any atom is -0.423 e. The number of amides is 1. The Hall–Kier alpha value is -3.77. The number of ether oxygens (including phenoxy) is 1. The number of para-hydroxylation sites is 1. The maximum absolute atomic E-state index is 12.2. The van der Waals surface area contributed by atoms with E-state index in [0.717, 1.165) is 15.2 Å². The van der Waals surface area contributed by atoms with E-state index in [0.29, 0.717) is 17.0 Å². The molecule has 0 aliphatic carbocycles. The van der Waals surface area contributed by atoms with Gasteiger partial charge in [-0.05, 0) is 54.6 Å². The number of thiazole rings is 1. The second-order valence-electron chi connectivity index (χ2n) is 6.12. The van der Waals surface area contributed by atoms with Gasteiger partial charge >= 0.3 is 5.97 Å². The summed E-state index contributed by atoms with van der Waals surface area (Å²) in [5.74, 6) is -0.305. The van der Waals surface area contributed by atoms with Gasteiger partial charge in [0.15, 0.2) is 0 Å². The van der Waals surface area contributed by atoms with Gasteiger partial charge in [-0.15, -0.1) is 11.3 Å². The predicted octanol–water partition coefficient (Wildman–Crippen LogP) is 5.17. The first-order valence-electron chi connectivity index (χ1n) is 8.89. The van der Waals surface area contributed by atoms with Crippen molar-refractivity contribution < 1.29 is 14.3 Å². The normalized spacial score (nSPS) is 10.9. The maximum atomic E-state index is 12.2. The first-order valence-corrected chi connectivity index (χ1v) is 9.71. The molecule has 6 heteroatoms. The van der Waals surface area contributed by atoms with Crippen molar-refractivity contribution in [2.75, 3.05) is 5.32 Å². The molecule has 1 amide bonds. The van der Waals surface area contributed by atoms with Crippen LogP contribution in [0.1, 0.15) is 15.4 Å². The largest absolute Gasteiger partial charge is 0.423 e. The Bertz CT molecular complexity index is 1150. The molecule has 1 heterocycles. The molecule has 142 valence electrons. The van der Waals surface area contributed by atoms with Crippen molar-refractivity contribution in [1.82, 2.24) is 4.98 Å². The Morgan fingerprint density at radius 1 is 0.897 bits per heavy atom. The van der Waals surface area contributed by atoms with Crippen molar-refractivity contribution >= 4 is 45.2 Å². The zero-order valence-corrected chi connectivity index (χ0v) is 16.1. The Labute approximate surface area is 171 Å². The summed E-state index contributed by atoms with van der Waals surface area (Å²) in [7, 11) is 0. The fourth-order valence-corrected chi connectivity index (χ4v) is 3.52. The standard InChI is InChI=1S/C23H16N2O3S/c26-22(15-14-21-25-19-8-4-5-9-20(19)29-21)28-18-12-10-17(11-13-18)24-23(27)16-6-2-1-3-7-16/h1-15H,(H,24,27)/b15-14+. The third-order valence-corrected chi connectivity index (χ3v) is 5.04. The number of carbonyl (C=O) groups excluding carboxylic acids is 2. The molecule has 0 atom stereocenters. The minimum absolute atomic E-state index is 0.200. The molecule has 5 nitrogen and oxygen atoms in total. The summed E-state index contributed by atoms with van der Waals surface area (Å²) in [5, 5.41) is 3.54. The molecule has 4 aromatic rings. The second-order valence-corrected chi connectivity index (χ2v) is 7.18. The molecule has 0 saturated carbocycles. The summed E-state index contributed by atoms with van der Waals surface area (Å²) >= 11 is 1.51. The number of anilines is 1. The summed E-state index contributed by atoms with van der Waals surface area (Å²) in [5.41, 5.74) is 2.09. The Morgan fingerprint density at radius 2 is 1.62 bits per heavy atom. The molecule has 0 aliphatic heterocycles. The van der Waals surface area contributed by atoms with Crippen LogP contribution in [0.5, 0.6) is 5.75 Å². The van der Waals surface area contributed by atoms with Crippen molar-refractivity contribution in [2.24, 2.45) is 0 Å². The van der Waals surface area contributed by atoms with Gasteiger partial charge in [0.2, 0.25) is 0 Å². The van der Waals surface area contributed by atoms with Crippen LogP contribution in [-0.4, -0.2) is 16.9 Å². The smallest absolute Gasteiger partial charge is 0.336 e. The summed E-state index contributed by atoms with van der Waals surface area (Å²) in [6, 6.07) is 23.4. The average molecular weight is 400 g/mol. The zero-order valence-electron chi connectivity index (χ0n) is 15.2. The van der Waals surface area contributed by atoms with E-state index in [1.807, 2.05) is 30.3 Å². The molecule has 0 bridgehead atoms. The van der Waals surface area contributed by atoms with Gasteiger partial charge in [0, 0.05) is 17.3 Å². The van der Waals surface area contributed by atoms with Crippen LogP contribution in [0.25, 0.3) is 16.3 Å². The molecular weight excluding hydrogens is 384 g/mol. The van der Waals surface area contributed by atoms with Gasteiger partial charge in [0.25, 0.3) is 5.91 Å². The number of fused-ring (bicyclic) bond motifs is 1. The van der Waals surface area contributed by atoms with E-state index in [1.165, 1.54) is 17.4 Å². The molecule has 4 rings (SSSR count). The topological polar surface area (TPSA) is 68.3 Å². The van der Waals surface area contributed by atoms with Gasteiger partial charge in [-0.2, -0.15) is 0 Å². The van der Waals surface area contributed by atoms with Gasteiger partial charge in [-0.25, -0.2) is 9.78 Å². The van der Waals surface area contributed by atoms with Crippen LogP contribution in [0.3, 0.4) is 0 Å². The van der Waals surface area contributed by atoms with Gasteiger partial charge in [0.05, 0.1) is 10.2 Å². The number of rotatable bonds is 5. The predicted molar refractivity (Wildman–Crippen MR) is 115 cm³/mol. The molecule has 0 aliphatic rings. The van der Waals surface area contributed by atoms with Crippen molar-refractivity contribution in [3.63, 3.8) is 0 Å². The summed E-state index contributed by atoms with van der Waals surface area (Å²) in [4.78, 5) is 28.6. The summed E-state index contributed by atoms with van der Waals surface area (Å²) in [6.07, 6.45) is 2.99. The molecular formula is C23H16N2O3S. The van der Waals surface area contributed by atoms with E-state index in [4.69, 9.17) is 4.74 Å². The van der Waals surface area contributed by atoms with E-state index in [2.05, 4.69) is 10.3 Å². The fraction of sp³-hybridized carbons (Fsp3) is 0. The van der Waals surface area contributed by atoms with Gasteiger partial charge in [-0.3, -0.25) is 4.79 Å². The van der Waals surface area contributed by atoms with E-state index in [9.17, 15) is 9.59 Å². The number of nitrogens with one attached hydrogen (secondary N) is 1. The monoisotopic (exact) mass is 400 g/mol. The number of nitrogens with zero attached hydrogens (tertiary/aromatic N) is 1. The quantitative estimate of drug-likeness (QED) is 0.285. The van der Waals surface area contributed by atoms with Gasteiger partial charge < -0.3 is 10.1 Å². The van der Waals surface area contributed by atoms with E-state index in [1.54, 1.807) is 54.6 Å². The number of esters is 1. The van der Waals surface area contributed by atoms with Crippen LogP contribution in [0.4, 0.5) is 5.69 Å².